The third-order valence-corrected chi connectivity index (χ3v) is 3.76. The first-order chi connectivity index (χ1) is 8.70. The maximum atomic E-state index is 10.9. The molecule has 2 unspecified atom stereocenters. The lowest BCUT2D eigenvalue weighted by molar-refractivity contribution is 0.0690. The standard InChI is InChI=1S/C14H20N2O2/c1-2-10-5-3-4-6-12(10)16-11-7-8-15-13(9-11)14(17)18/h7-10,12H,2-6H2,1H3,(H,15,16)(H,17,18). The minimum Gasteiger partial charge on any atom is -0.477 e. The SMILES string of the molecule is CCC1CCCCC1Nc1ccnc(C(=O)O)c1. The van der Waals surface area contributed by atoms with Crippen LogP contribution in [0.1, 0.15) is 49.5 Å². The molecule has 1 saturated carbocycles. The molecule has 1 aromatic heterocycles. The molecule has 0 amide bonds. The van der Waals surface area contributed by atoms with Crippen LogP contribution >= 0.6 is 0 Å². The Kier molecular flexibility index (Phi) is 4.18. The van der Waals surface area contributed by atoms with Crippen LogP contribution in [0.3, 0.4) is 0 Å². The molecule has 18 heavy (non-hydrogen) atoms. The first-order valence-corrected chi connectivity index (χ1v) is 6.66. The van der Waals surface area contributed by atoms with E-state index >= 15 is 0 Å². The van der Waals surface area contributed by atoms with E-state index in [-0.39, 0.29) is 5.69 Å². The second-order valence-corrected chi connectivity index (χ2v) is 4.94. The van der Waals surface area contributed by atoms with Gasteiger partial charge in [0.05, 0.1) is 0 Å². The molecule has 2 N–H and O–H groups in total. The van der Waals surface area contributed by atoms with Gasteiger partial charge in [0.1, 0.15) is 5.69 Å². The van der Waals surface area contributed by atoms with E-state index in [9.17, 15) is 4.79 Å². The molecule has 1 aromatic rings. The number of carbonyl (C=O) groups is 1. The highest BCUT2D eigenvalue weighted by molar-refractivity contribution is 5.86. The number of anilines is 1. The highest BCUT2D eigenvalue weighted by Gasteiger charge is 2.23. The lowest BCUT2D eigenvalue weighted by Crippen LogP contribution is -2.31. The highest BCUT2D eigenvalue weighted by Crippen LogP contribution is 2.29. The minimum atomic E-state index is -0.977. The summed E-state index contributed by atoms with van der Waals surface area (Å²) >= 11 is 0. The number of hydrogen-bond acceptors (Lipinski definition) is 3. The second-order valence-electron chi connectivity index (χ2n) is 4.94. The summed E-state index contributed by atoms with van der Waals surface area (Å²) in [5, 5.41) is 12.4. The van der Waals surface area contributed by atoms with Crippen LogP contribution in [0.5, 0.6) is 0 Å². The van der Waals surface area contributed by atoms with E-state index in [1.807, 2.05) is 6.07 Å². The normalized spacial score (nSPS) is 23.6. The van der Waals surface area contributed by atoms with Crippen molar-refractivity contribution >= 4 is 11.7 Å². The molecule has 0 bridgehead atoms. The van der Waals surface area contributed by atoms with Crippen LogP contribution in [0.2, 0.25) is 0 Å². The molecule has 4 heteroatoms. The number of rotatable bonds is 4. The molecule has 2 atom stereocenters. The van der Waals surface area contributed by atoms with Crippen LogP contribution in [0, 0.1) is 5.92 Å². The molecule has 0 saturated heterocycles. The zero-order chi connectivity index (χ0) is 13.0. The number of aromatic carboxylic acids is 1. The topological polar surface area (TPSA) is 62.2 Å². The molecule has 0 aliphatic heterocycles. The van der Waals surface area contributed by atoms with E-state index in [4.69, 9.17) is 5.11 Å². The average Bonchev–Trinajstić information content (AvgIpc) is 2.39. The maximum absolute atomic E-state index is 10.9. The van der Waals surface area contributed by atoms with Crippen molar-refractivity contribution in [2.45, 2.75) is 45.1 Å². The van der Waals surface area contributed by atoms with Crippen molar-refractivity contribution in [3.63, 3.8) is 0 Å². The molecule has 2 rings (SSSR count). The van der Waals surface area contributed by atoms with E-state index in [2.05, 4.69) is 17.2 Å². The summed E-state index contributed by atoms with van der Waals surface area (Å²) in [7, 11) is 0. The summed E-state index contributed by atoms with van der Waals surface area (Å²) in [5.41, 5.74) is 0.969. The Morgan fingerprint density at radius 1 is 1.50 bits per heavy atom. The molecule has 4 nitrogen and oxygen atoms in total. The molecule has 1 fully saturated rings. The summed E-state index contributed by atoms with van der Waals surface area (Å²) in [6, 6.07) is 3.92. The zero-order valence-corrected chi connectivity index (χ0v) is 10.7. The van der Waals surface area contributed by atoms with Crippen molar-refractivity contribution in [1.29, 1.82) is 0 Å². The van der Waals surface area contributed by atoms with Gasteiger partial charge in [-0.2, -0.15) is 0 Å². The Hall–Kier alpha value is -1.58. The predicted molar refractivity (Wildman–Crippen MR) is 70.9 cm³/mol. The van der Waals surface area contributed by atoms with Gasteiger partial charge < -0.3 is 10.4 Å². The molecular formula is C14H20N2O2. The van der Waals surface area contributed by atoms with Gasteiger partial charge in [0.2, 0.25) is 0 Å². The van der Waals surface area contributed by atoms with Crippen LogP contribution in [-0.4, -0.2) is 22.1 Å². The van der Waals surface area contributed by atoms with Crippen molar-refractivity contribution in [2.75, 3.05) is 5.32 Å². The average molecular weight is 248 g/mol. The summed E-state index contributed by atoms with van der Waals surface area (Å²) < 4.78 is 0. The van der Waals surface area contributed by atoms with Gasteiger partial charge in [-0.15, -0.1) is 0 Å². The Morgan fingerprint density at radius 3 is 3.00 bits per heavy atom. The summed E-state index contributed by atoms with van der Waals surface area (Å²) in [4.78, 5) is 14.7. The van der Waals surface area contributed by atoms with Gasteiger partial charge in [-0.05, 0) is 30.9 Å². The smallest absolute Gasteiger partial charge is 0.354 e. The van der Waals surface area contributed by atoms with Gasteiger partial charge in [0, 0.05) is 17.9 Å². The largest absolute Gasteiger partial charge is 0.477 e. The molecule has 98 valence electrons. The monoisotopic (exact) mass is 248 g/mol. The summed E-state index contributed by atoms with van der Waals surface area (Å²) in [6.07, 6.45) is 7.73. The van der Waals surface area contributed by atoms with Crippen molar-refractivity contribution in [2.24, 2.45) is 5.92 Å². The van der Waals surface area contributed by atoms with Gasteiger partial charge in [-0.3, -0.25) is 0 Å². The fourth-order valence-corrected chi connectivity index (χ4v) is 2.74. The number of carboxylic acids is 1. The number of aromatic nitrogens is 1. The van der Waals surface area contributed by atoms with Crippen LogP contribution in [0.15, 0.2) is 18.3 Å². The number of nitrogens with zero attached hydrogens (tertiary/aromatic N) is 1. The van der Waals surface area contributed by atoms with E-state index in [0.29, 0.717) is 12.0 Å². The molecule has 0 spiro atoms. The van der Waals surface area contributed by atoms with Gasteiger partial charge in [-0.1, -0.05) is 26.2 Å². The van der Waals surface area contributed by atoms with E-state index in [1.165, 1.54) is 32.1 Å². The van der Waals surface area contributed by atoms with Crippen molar-refractivity contribution < 1.29 is 9.90 Å². The van der Waals surface area contributed by atoms with Crippen LogP contribution < -0.4 is 5.32 Å². The number of pyridine rings is 1. The Balaban J connectivity index is 2.07. The molecule has 1 heterocycles. The third kappa shape index (κ3) is 3.00. The van der Waals surface area contributed by atoms with Crippen LogP contribution in [0.4, 0.5) is 5.69 Å². The number of hydrogen-bond donors (Lipinski definition) is 2. The number of carboxylic acid groups (broad SMARTS) is 1. The molecular weight excluding hydrogens is 228 g/mol. The second kappa shape index (κ2) is 5.85. The fraction of sp³-hybridized carbons (Fsp3) is 0.571. The molecule has 0 radical (unpaired) electrons. The molecule has 0 aromatic carbocycles. The van der Waals surface area contributed by atoms with Crippen molar-refractivity contribution in [3.05, 3.63) is 24.0 Å². The molecule has 1 aliphatic carbocycles. The van der Waals surface area contributed by atoms with Gasteiger partial charge in [0.15, 0.2) is 0 Å². The van der Waals surface area contributed by atoms with Gasteiger partial charge >= 0.3 is 5.97 Å². The lowest BCUT2D eigenvalue weighted by Gasteiger charge is -2.32. The fourth-order valence-electron chi connectivity index (χ4n) is 2.74. The van der Waals surface area contributed by atoms with Gasteiger partial charge in [0.25, 0.3) is 0 Å². The van der Waals surface area contributed by atoms with Crippen LogP contribution in [-0.2, 0) is 0 Å². The Labute approximate surface area is 107 Å². The van der Waals surface area contributed by atoms with Crippen LogP contribution in [0.25, 0.3) is 0 Å². The lowest BCUT2D eigenvalue weighted by atomic mass is 9.83. The van der Waals surface area contributed by atoms with Crippen molar-refractivity contribution in [1.82, 2.24) is 4.98 Å². The quantitative estimate of drug-likeness (QED) is 0.859. The number of nitrogens with one attached hydrogen (secondary N) is 1. The maximum Gasteiger partial charge on any atom is 0.354 e. The van der Waals surface area contributed by atoms with E-state index < -0.39 is 5.97 Å². The van der Waals surface area contributed by atoms with E-state index in [1.54, 1.807) is 12.3 Å². The molecule has 1 aliphatic rings. The summed E-state index contributed by atoms with van der Waals surface area (Å²) in [5.74, 6) is -0.283. The predicted octanol–water partition coefficient (Wildman–Crippen LogP) is 3.16. The third-order valence-electron chi connectivity index (χ3n) is 3.76. The minimum absolute atomic E-state index is 0.101. The first-order valence-electron chi connectivity index (χ1n) is 6.66. The van der Waals surface area contributed by atoms with Gasteiger partial charge in [-0.25, -0.2) is 9.78 Å². The Morgan fingerprint density at radius 2 is 2.28 bits per heavy atom. The van der Waals surface area contributed by atoms with E-state index in [0.717, 1.165) is 5.69 Å². The summed E-state index contributed by atoms with van der Waals surface area (Å²) in [6.45, 7) is 2.22. The Bertz CT molecular complexity index is 420. The zero-order valence-electron chi connectivity index (χ0n) is 10.7. The first kappa shape index (κ1) is 12.9. The van der Waals surface area contributed by atoms with Crippen molar-refractivity contribution in [3.8, 4) is 0 Å². The highest BCUT2D eigenvalue weighted by atomic mass is 16.4.